The zero-order valence-electron chi connectivity index (χ0n) is 14.9. The summed E-state index contributed by atoms with van der Waals surface area (Å²) in [5.41, 5.74) is 9.75. The second-order valence-electron chi connectivity index (χ2n) is 7.71. The minimum absolute atomic E-state index is 0.0671. The highest BCUT2D eigenvalue weighted by atomic mass is 14.4. The van der Waals surface area contributed by atoms with Gasteiger partial charge in [0.05, 0.1) is 0 Å². The van der Waals surface area contributed by atoms with E-state index in [1.54, 1.807) is 0 Å². The van der Waals surface area contributed by atoms with Crippen molar-refractivity contribution in [3.8, 4) is 22.3 Å². The molecule has 0 radical (unpaired) electrons. The Morgan fingerprint density at radius 1 is 0.667 bits per heavy atom. The Morgan fingerprint density at radius 2 is 1.38 bits per heavy atom. The summed E-state index contributed by atoms with van der Waals surface area (Å²) in [5.74, 6) is 0.556. The van der Waals surface area contributed by atoms with Crippen LogP contribution < -0.4 is 0 Å². The fraction of sp³-hybridized carbons (Fsp3) is 0.250. The van der Waals surface area contributed by atoms with Gasteiger partial charge in [-0.05, 0) is 50.9 Å². The lowest BCUT2D eigenvalue weighted by Crippen LogP contribution is -2.14. The average Bonchev–Trinajstić information content (AvgIpc) is 2.83. The molecule has 0 fully saturated rings. The predicted octanol–water partition coefficient (Wildman–Crippen LogP) is 6.78. The molecule has 120 valence electrons. The first kappa shape index (κ1) is 15.2. The number of benzene rings is 3. The highest BCUT2D eigenvalue weighted by Crippen LogP contribution is 2.49. The van der Waals surface area contributed by atoms with Gasteiger partial charge in [0, 0.05) is 5.41 Å². The summed E-state index contributed by atoms with van der Waals surface area (Å²) >= 11 is 0. The van der Waals surface area contributed by atoms with Gasteiger partial charge in [-0.15, -0.1) is 0 Å². The third kappa shape index (κ3) is 2.21. The van der Waals surface area contributed by atoms with Crippen LogP contribution in [0.2, 0.25) is 0 Å². The van der Waals surface area contributed by atoms with Crippen molar-refractivity contribution in [3.63, 3.8) is 0 Å². The van der Waals surface area contributed by atoms with Crippen LogP contribution in [0.4, 0.5) is 0 Å². The Bertz CT molecular complexity index is 913. The van der Waals surface area contributed by atoms with Crippen molar-refractivity contribution < 1.29 is 0 Å². The molecule has 0 nitrogen and oxygen atoms in total. The molecule has 0 aliphatic heterocycles. The molecular weight excluding hydrogens is 288 g/mol. The van der Waals surface area contributed by atoms with Crippen LogP contribution in [0.5, 0.6) is 0 Å². The van der Waals surface area contributed by atoms with Crippen molar-refractivity contribution in [3.05, 3.63) is 83.4 Å². The van der Waals surface area contributed by atoms with Gasteiger partial charge in [-0.1, -0.05) is 88.4 Å². The number of rotatable bonds is 2. The zero-order valence-corrected chi connectivity index (χ0v) is 14.9. The van der Waals surface area contributed by atoms with E-state index in [4.69, 9.17) is 0 Å². The maximum Gasteiger partial charge on any atom is 0.0159 e. The van der Waals surface area contributed by atoms with E-state index in [1.807, 2.05) is 0 Å². The first-order chi connectivity index (χ1) is 11.5. The summed E-state index contributed by atoms with van der Waals surface area (Å²) < 4.78 is 0. The molecule has 0 atom stereocenters. The second-order valence-corrected chi connectivity index (χ2v) is 7.71. The lowest BCUT2D eigenvalue weighted by molar-refractivity contribution is 0.660. The molecule has 24 heavy (non-hydrogen) atoms. The summed E-state index contributed by atoms with van der Waals surface area (Å²) in [7, 11) is 0. The van der Waals surface area contributed by atoms with Crippen LogP contribution in [0.3, 0.4) is 0 Å². The minimum Gasteiger partial charge on any atom is -0.0619 e. The van der Waals surface area contributed by atoms with E-state index in [9.17, 15) is 0 Å². The van der Waals surface area contributed by atoms with Gasteiger partial charge in [0.25, 0.3) is 0 Å². The molecule has 1 aliphatic rings. The Kier molecular flexibility index (Phi) is 3.38. The Hall–Kier alpha value is -2.34. The van der Waals surface area contributed by atoms with E-state index >= 15 is 0 Å². The standard InChI is InChI=1S/C24H24/c1-16(2)17-8-7-9-18(14-17)19-12-13-21-20-10-5-6-11-22(20)24(3,4)23(21)15-19/h5-16H,1-4H3. The van der Waals surface area contributed by atoms with Gasteiger partial charge in [-0.25, -0.2) is 0 Å². The molecule has 0 saturated carbocycles. The highest BCUT2D eigenvalue weighted by Gasteiger charge is 2.35. The minimum atomic E-state index is 0.0671. The lowest BCUT2D eigenvalue weighted by Gasteiger charge is -2.22. The Morgan fingerprint density at radius 3 is 2.17 bits per heavy atom. The molecule has 0 heterocycles. The fourth-order valence-electron chi connectivity index (χ4n) is 3.96. The maximum atomic E-state index is 2.40. The van der Waals surface area contributed by atoms with Gasteiger partial charge in [0.15, 0.2) is 0 Å². The largest absolute Gasteiger partial charge is 0.0619 e. The smallest absolute Gasteiger partial charge is 0.0159 e. The first-order valence-corrected chi connectivity index (χ1v) is 8.83. The van der Waals surface area contributed by atoms with Crippen molar-refractivity contribution in [1.29, 1.82) is 0 Å². The summed E-state index contributed by atoms with van der Waals surface area (Å²) in [6, 6.07) is 24.8. The van der Waals surface area contributed by atoms with Crippen LogP contribution in [-0.4, -0.2) is 0 Å². The molecule has 0 amide bonds. The summed E-state index contributed by atoms with van der Waals surface area (Å²) in [4.78, 5) is 0. The van der Waals surface area contributed by atoms with E-state index in [1.165, 1.54) is 38.9 Å². The molecule has 4 rings (SSSR count). The van der Waals surface area contributed by atoms with Gasteiger partial charge in [0.2, 0.25) is 0 Å². The van der Waals surface area contributed by atoms with Gasteiger partial charge in [-0.3, -0.25) is 0 Å². The maximum absolute atomic E-state index is 2.40. The summed E-state index contributed by atoms with van der Waals surface area (Å²) in [6.07, 6.45) is 0. The van der Waals surface area contributed by atoms with Crippen LogP contribution >= 0.6 is 0 Å². The van der Waals surface area contributed by atoms with Crippen LogP contribution in [0.15, 0.2) is 66.7 Å². The average molecular weight is 312 g/mol. The molecule has 3 aromatic rings. The number of fused-ring (bicyclic) bond motifs is 3. The van der Waals surface area contributed by atoms with Crippen LogP contribution in [-0.2, 0) is 5.41 Å². The molecule has 0 saturated heterocycles. The number of hydrogen-bond acceptors (Lipinski definition) is 0. The van der Waals surface area contributed by atoms with E-state index in [2.05, 4.69) is 94.4 Å². The van der Waals surface area contributed by atoms with Crippen molar-refractivity contribution in [2.45, 2.75) is 39.0 Å². The van der Waals surface area contributed by atoms with Crippen molar-refractivity contribution in [2.75, 3.05) is 0 Å². The van der Waals surface area contributed by atoms with E-state index in [0.717, 1.165) is 0 Å². The molecule has 0 unspecified atom stereocenters. The van der Waals surface area contributed by atoms with E-state index < -0.39 is 0 Å². The van der Waals surface area contributed by atoms with Gasteiger partial charge in [-0.2, -0.15) is 0 Å². The molecule has 0 spiro atoms. The van der Waals surface area contributed by atoms with Crippen molar-refractivity contribution >= 4 is 0 Å². The third-order valence-electron chi connectivity index (χ3n) is 5.47. The number of hydrogen-bond donors (Lipinski definition) is 0. The van der Waals surface area contributed by atoms with Crippen LogP contribution in [0.25, 0.3) is 22.3 Å². The van der Waals surface area contributed by atoms with E-state index in [-0.39, 0.29) is 5.41 Å². The van der Waals surface area contributed by atoms with Crippen LogP contribution in [0, 0.1) is 0 Å². The molecule has 3 aromatic carbocycles. The Balaban J connectivity index is 1.87. The third-order valence-corrected chi connectivity index (χ3v) is 5.47. The van der Waals surface area contributed by atoms with Crippen molar-refractivity contribution in [1.82, 2.24) is 0 Å². The monoisotopic (exact) mass is 312 g/mol. The fourth-order valence-corrected chi connectivity index (χ4v) is 3.96. The molecule has 1 aliphatic carbocycles. The SMILES string of the molecule is CC(C)c1cccc(-c2ccc3c(c2)C(C)(C)c2ccccc2-3)c1. The van der Waals surface area contributed by atoms with E-state index in [0.29, 0.717) is 5.92 Å². The van der Waals surface area contributed by atoms with Gasteiger partial charge >= 0.3 is 0 Å². The predicted molar refractivity (Wildman–Crippen MR) is 104 cm³/mol. The second kappa shape index (κ2) is 5.34. The summed E-state index contributed by atoms with van der Waals surface area (Å²) in [6.45, 7) is 9.18. The molecule has 0 heteroatoms. The Labute approximate surface area is 145 Å². The van der Waals surface area contributed by atoms with Crippen LogP contribution in [0.1, 0.15) is 50.3 Å². The van der Waals surface area contributed by atoms with Gasteiger partial charge in [0.1, 0.15) is 0 Å². The van der Waals surface area contributed by atoms with Gasteiger partial charge < -0.3 is 0 Å². The summed E-state index contributed by atoms with van der Waals surface area (Å²) in [5, 5.41) is 0. The normalized spacial score (nSPS) is 14.5. The quantitative estimate of drug-likeness (QED) is 0.489. The molecule has 0 N–H and O–H groups in total. The topological polar surface area (TPSA) is 0 Å². The molecular formula is C24H24. The first-order valence-electron chi connectivity index (χ1n) is 8.83. The van der Waals surface area contributed by atoms with Crippen molar-refractivity contribution in [2.24, 2.45) is 0 Å². The lowest BCUT2D eigenvalue weighted by atomic mass is 9.81. The molecule has 0 aromatic heterocycles. The highest BCUT2D eigenvalue weighted by molar-refractivity contribution is 5.83. The molecule has 0 bridgehead atoms. The zero-order chi connectivity index (χ0) is 16.9.